The first-order valence-electron chi connectivity index (χ1n) is 6.96. The highest BCUT2D eigenvalue weighted by Gasteiger charge is 2.21. The summed E-state index contributed by atoms with van der Waals surface area (Å²) in [5.74, 6) is 0.179. The Morgan fingerprint density at radius 1 is 1.30 bits per heavy atom. The van der Waals surface area contributed by atoms with Crippen LogP contribution in [0.2, 0.25) is 0 Å². The van der Waals surface area contributed by atoms with Gasteiger partial charge >= 0.3 is 0 Å². The lowest BCUT2D eigenvalue weighted by Gasteiger charge is -2.22. The average Bonchev–Trinajstić information content (AvgIpc) is 2.67. The summed E-state index contributed by atoms with van der Waals surface area (Å²) in [6.07, 6.45) is 1.06. The summed E-state index contributed by atoms with van der Waals surface area (Å²) in [4.78, 5) is 17.1. The fraction of sp³-hybridized carbons (Fsp3) is 0.533. The number of benzene rings is 1. The van der Waals surface area contributed by atoms with E-state index in [-0.39, 0.29) is 5.91 Å². The van der Waals surface area contributed by atoms with Crippen molar-refractivity contribution in [1.82, 2.24) is 9.80 Å². The summed E-state index contributed by atoms with van der Waals surface area (Å²) in [6.45, 7) is 6.86. The number of carbonyl (C=O) groups is 1. The summed E-state index contributed by atoms with van der Waals surface area (Å²) < 4.78 is 1.08. The van der Waals surface area contributed by atoms with Gasteiger partial charge in [0.05, 0.1) is 5.56 Å². The predicted molar refractivity (Wildman–Crippen MR) is 94.7 cm³/mol. The van der Waals surface area contributed by atoms with Gasteiger partial charge in [0.1, 0.15) is 0 Å². The van der Waals surface area contributed by atoms with Crippen LogP contribution in [0.25, 0.3) is 0 Å². The molecule has 0 aliphatic carbocycles. The van der Waals surface area contributed by atoms with Crippen LogP contribution in [0, 0.1) is 10.5 Å². The number of halogens is 2. The molecular weight excluding hydrogens is 431 g/mol. The zero-order valence-electron chi connectivity index (χ0n) is 11.7. The number of amides is 1. The molecular formula is C15H20BrIN2O. The Balaban J connectivity index is 2.07. The van der Waals surface area contributed by atoms with Crippen LogP contribution in [0.1, 0.15) is 22.3 Å². The number of hydrogen-bond donors (Lipinski definition) is 0. The van der Waals surface area contributed by atoms with Crippen molar-refractivity contribution in [2.24, 2.45) is 0 Å². The van der Waals surface area contributed by atoms with Crippen LogP contribution in [0.15, 0.2) is 18.2 Å². The van der Waals surface area contributed by atoms with E-state index < -0.39 is 0 Å². The standard InChI is InChI=1S/C15H20BrIN2O/c1-12-4-2-5-13(14(12)17)15(20)19-8-3-7-18(9-6-16)10-11-19/h2,4-5H,3,6-11H2,1H3. The minimum absolute atomic E-state index is 0.179. The van der Waals surface area contributed by atoms with Crippen molar-refractivity contribution in [3.8, 4) is 0 Å². The highest BCUT2D eigenvalue weighted by molar-refractivity contribution is 14.1. The minimum atomic E-state index is 0.179. The van der Waals surface area contributed by atoms with Gasteiger partial charge in [0.25, 0.3) is 5.91 Å². The second-order valence-electron chi connectivity index (χ2n) is 5.11. The third-order valence-electron chi connectivity index (χ3n) is 3.70. The van der Waals surface area contributed by atoms with Gasteiger partial charge in [0, 0.05) is 35.1 Å². The molecule has 1 aromatic carbocycles. The van der Waals surface area contributed by atoms with Crippen molar-refractivity contribution in [2.75, 3.05) is 38.1 Å². The van der Waals surface area contributed by atoms with Gasteiger partial charge in [0.2, 0.25) is 0 Å². The van der Waals surface area contributed by atoms with Gasteiger partial charge in [-0.2, -0.15) is 0 Å². The lowest BCUT2D eigenvalue weighted by Crippen LogP contribution is -2.36. The van der Waals surface area contributed by atoms with Crippen LogP contribution in [0.4, 0.5) is 0 Å². The van der Waals surface area contributed by atoms with E-state index in [9.17, 15) is 4.79 Å². The van der Waals surface area contributed by atoms with E-state index in [0.717, 1.165) is 53.6 Å². The van der Waals surface area contributed by atoms with E-state index in [4.69, 9.17) is 0 Å². The van der Waals surface area contributed by atoms with E-state index in [1.807, 2.05) is 17.0 Å². The Hall–Kier alpha value is -0.140. The Labute approximate surface area is 143 Å². The lowest BCUT2D eigenvalue weighted by atomic mass is 10.1. The van der Waals surface area contributed by atoms with Gasteiger partial charge in [-0.1, -0.05) is 28.1 Å². The molecule has 5 heteroatoms. The smallest absolute Gasteiger partial charge is 0.254 e. The molecule has 0 saturated carbocycles. The van der Waals surface area contributed by atoms with Crippen molar-refractivity contribution in [3.63, 3.8) is 0 Å². The number of carbonyl (C=O) groups excluding carboxylic acids is 1. The Morgan fingerprint density at radius 2 is 2.10 bits per heavy atom. The Morgan fingerprint density at radius 3 is 2.85 bits per heavy atom. The van der Waals surface area contributed by atoms with Crippen LogP contribution in [0.5, 0.6) is 0 Å². The summed E-state index contributed by atoms with van der Waals surface area (Å²) >= 11 is 5.76. The van der Waals surface area contributed by atoms with Crippen molar-refractivity contribution < 1.29 is 4.79 Å². The largest absolute Gasteiger partial charge is 0.337 e. The molecule has 0 atom stereocenters. The number of nitrogens with zero attached hydrogens (tertiary/aromatic N) is 2. The molecule has 110 valence electrons. The molecule has 0 bridgehead atoms. The van der Waals surface area contributed by atoms with E-state index in [2.05, 4.69) is 56.4 Å². The molecule has 1 aliphatic rings. The zero-order chi connectivity index (χ0) is 14.5. The van der Waals surface area contributed by atoms with Gasteiger partial charge in [-0.25, -0.2) is 0 Å². The second-order valence-corrected chi connectivity index (χ2v) is 6.98. The fourth-order valence-electron chi connectivity index (χ4n) is 2.50. The molecule has 2 rings (SSSR count). The molecule has 1 saturated heterocycles. The van der Waals surface area contributed by atoms with Crippen molar-refractivity contribution in [3.05, 3.63) is 32.9 Å². The maximum Gasteiger partial charge on any atom is 0.254 e. The number of hydrogen-bond acceptors (Lipinski definition) is 2. The second kappa shape index (κ2) is 7.75. The topological polar surface area (TPSA) is 23.6 Å². The molecule has 0 aromatic heterocycles. The summed E-state index contributed by atoms with van der Waals surface area (Å²) in [7, 11) is 0. The number of rotatable bonds is 3. The van der Waals surface area contributed by atoms with Crippen LogP contribution in [-0.2, 0) is 0 Å². The molecule has 1 amide bonds. The molecule has 1 heterocycles. The van der Waals surface area contributed by atoms with Gasteiger partial charge in [-0.3, -0.25) is 4.79 Å². The molecule has 0 spiro atoms. The van der Waals surface area contributed by atoms with Crippen molar-refractivity contribution in [1.29, 1.82) is 0 Å². The summed E-state index contributed by atoms with van der Waals surface area (Å²) in [5, 5.41) is 0.997. The lowest BCUT2D eigenvalue weighted by molar-refractivity contribution is 0.0760. The molecule has 0 unspecified atom stereocenters. The zero-order valence-corrected chi connectivity index (χ0v) is 15.5. The van der Waals surface area contributed by atoms with Gasteiger partial charge < -0.3 is 9.80 Å². The molecule has 3 nitrogen and oxygen atoms in total. The maximum absolute atomic E-state index is 12.7. The van der Waals surface area contributed by atoms with E-state index in [0.29, 0.717) is 0 Å². The van der Waals surface area contributed by atoms with E-state index in [1.54, 1.807) is 0 Å². The van der Waals surface area contributed by atoms with Crippen LogP contribution in [-0.4, -0.2) is 53.8 Å². The maximum atomic E-state index is 12.7. The monoisotopic (exact) mass is 450 g/mol. The molecule has 20 heavy (non-hydrogen) atoms. The minimum Gasteiger partial charge on any atom is -0.337 e. The third kappa shape index (κ3) is 3.95. The van der Waals surface area contributed by atoms with Crippen molar-refractivity contribution in [2.45, 2.75) is 13.3 Å². The van der Waals surface area contributed by atoms with Gasteiger partial charge in [0.15, 0.2) is 0 Å². The first-order chi connectivity index (χ1) is 9.63. The van der Waals surface area contributed by atoms with Crippen molar-refractivity contribution >= 4 is 44.4 Å². The van der Waals surface area contributed by atoms with Crippen LogP contribution >= 0.6 is 38.5 Å². The molecule has 0 radical (unpaired) electrons. The first kappa shape index (κ1) is 16.2. The average molecular weight is 451 g/mol. The van der Waals surface area contributed by atoms with E-state index in [1.165, 1.54) is 5.56 Å². The fourth-order valence-corrected chi connectivity index (χ4v) is 3.59. The number of aryl methyl sites for hydroxylation is 1. The summed E-state index contributed by atoms with van der Waals surface area (Å²) in [6, 6.07) is 5.97. The Kier molecular flexibility index (Phi) is 6.29. The normalized spacial score (nSPS) is 17.1. The predicted octanol–water partition coefficient (Wildman–Crippen LogP) is 3.14. The van der Waals surface area contributed by atoms with Crippen LogP contribution in [0.3, 0.4) is 0 Å². The third-order valence-corrected chi connectivity index (χ3v) is 5.49. The molecule has 1 aromatic rings. The first-order valence-corrected chi connectivity index (χ1v) is 9.16. The van der Waals surface area contributed by atoms with Gasteiger partial charge in [-0.15, -0.1) is 0 Å². The van der Waals surface area contributed by atoms with Gasteiger partial charge in [-0.05, 0) is 54.1 Å². The molecule has 1 fully saturated rings. The SMILES string of the molecule is Cc1cccc(C(=O)N2CCCN(CCBr)CC2)c1I. The molecule has 0 N–H and O–H groups in total. The summed E-state index contributed by atoms with van der Waals surface area (Å²) in [5.41, 5.74) is 2.02. The van der Waals surface area contributed by atoms with Crippen LogP contribution < -0.4 is 0 Å². The quantitative estimate of drug-likeness (QED) is 0.521. The highest BCUT2D eigenvalue weighted by atomic mass is 127. The highest BCUT2D eigenvalue weighted by Crippen LogP contribution is 2.19. The van der Waals surface area contributed by atoms with E-state index >= 15 is 0 Å². The molecule has 1 aliphatic heterocycles. The Bertz CT molecular complexity index is 481. The number of alkyl halides is 1.